The highest BCUT2D eigenvalue weighted by molar-refractivity contribution is 5.69. The first-order chi connectivity index (χ1) is 9.51. The molecule has 0 radical (unpaired) electrons. The summed E-state index contributed by atoms with van der Waals surface area (Å²) < 4.78 is 5.54. The number of hydrogen-bond acceptors (Lipinski definition) is 3. The van der Waals surface area contributed by atoms with Crippen LogP contribution in [0, 0.1) is 5.92 Å². The van der Waals surface area contributed by atoms with E-state index in [2.05, 4.69) is 20.8 Å². The Labute approximate surface area is 121 Å². The lowest BCUT2D eigenvalue weighted by Gasteiger charge is -2.22. The van der Waals surface area contributed by atoms with E-state index in [1.54, 1.807) is 0 Å². The lowest BCUT2D eigenvalue weighted by atomic mass is 10.1. The Bertz CT molecular complexity index is 401. The van der Waals surface area contributed by atoms with Crippen LogP contribution in [0.1, 0.15) is 32.8 Å². The maximum atomic E-state index is 10.9. The quantitative estimate of drug-likeness (QED) is 0.755. The molecule has 1 aromatic rings. The van der Waals surface area contributed by atoms with Crippen molar-refractivity contribution in [2.24, 2.45) is 5.92 Å². The highest BCUT2D eigenvalue weighted by Gasteiger charge is 2.12. The zero-order valence-corrected chi connectivity index (χ0v) is 12.6. The minimum atomic E-state index is -0.784. The normalized spacial score (nSPS) is 11.1. The van der Waals surface area contributed by atoms with E-state index in [4.69, 9.17) is 9.84 Å². The van der Waals surface area contributed by atoms with Gasteiger partial charge in [-0.1, -0.05) is 32.9 Å². The number of carboxylic acids is 1. The second-order valence-corrected chi connectivity index (χ2v) is 5.45. The van der Waals surface area contributed by atoms with Gasteiger partial charge in [0, 0.05) is 13.1 Å². The number of nitrogens with zero attached hydrogens (tertiary/aromatic N) is 1. The first-order valence-corrected chi connectivity index (χ1v) is 7.17. The Balaban J connectivity index is 2.60. The van der Waals surface area contributed by atoms with Gasteiger partial charge < -0.3 is 9.84 Å². The minimum Gasteiger partial charge on any atom is -0.494 e. The van der Waals surface area contributed by atoms with E-state index in [1.165, 1.54) is 0 Å². The maximum absolute atomic E-state index is 10.9. The summed E-state index contributed by atoms with van der Waals surface area (Å²) in [4.78, 5) is 12.8. The summed E-state index contributed by atoms with van der Waals surface area (Å²) in [5, 5.41) is 8.95. The van der Waals surface area contributed by atoms with Gasteiger partial charge in [-0.3, -0.25) is 9.69 Å². The van der Waals surface area contributed by atoms with E-state index in [0.29, 0.717) is 12.5 Å². The number of aliphatic carboxylic acids is 1. The predicted octanol–water partition coefficient (Wildman–Crippen LogP) is 3.02. The van der Waals surface area contributed by atoms with Gasteiger partial charge in [-0.25, -0.2) is 0 Å². The molecule has 0 spiro atoms. The molecule has 0 saturated heterocycles. The van der Waals surface area contributed by atoms with Crippen LogP contribution in [0.2, 0.25) is 0 Å². The monoisotopic (exact) mass is 279 g/mol. The van der Waals surface area contributed by atoms with E-state index >= 15 is 0 Å². The van der Waals surface area contributed by atoms with Gasteiger partial charge in [0.05, 0.1) is 13.2 Å². The van der Waals surface area contributed by atoms with Crippen molar-refractivity contribution in [1.82, 2.24) is 4.90 Å². The Morgan fingerprint density at radius 1 is 1.30 bits per heavy atom. The second kappa shape index (κ2) is 8.59. The molecule has 112 valence electrons. The smallest absolute Gasteiger partial charge is 0.317 e. The zero-order chi connectivity index (χ0) is 15.0. The van der Waals surface area contributed by atoms with Crippen molar-refractivity contribution in [1.29, 1.82) is 0 Å². The van der Waals surface area contributed by atoms with Crippen molar-refractivity contribution in [3.05, 3.63) is 29.8 Å². The molecule has 0 bridgehead atoms. The van der Waals surface area contributed by atoms with Gasteiger partial charge in [0.15, 0.2) is 0 Å². The van der Waals surface area contributed by atoms with E-state index < -0.39 is 5.97 Å². The Hall–Kier alpha value is -1.55. The van der Waals surface area contributed by atoms with Crippen LogP contribution in [0.25, 0.3) is 0 Å². The van der Waals surface area contributed by atoms with Gasteiger partial charge in [-0.2, -0.15) is 0 Å². The molecule has 0 atom stereocenters. The van der Waals surface area contributed by atoms with Crippen LogP contribution in [0.5, 0.6) is 5.75 Å². The first kappa shape index (κ1) is 16.5. The summed E-state index contributed by atoms with van der Waals surface area (Å²) in [7, 11) is 0. The van der Waals surface area contributed by atoms with E-state index in [9.17, 15) is 4.79 Å². The molecule has 0 fully saturated rings. The molecule has 0 aliphatic carbocycles. The standard InChI is InChI=1S/C16H25NO3/c1-4-9-20-15-7-5-14(6-8-15)11-17(10-13(2)3)12-16(18)19/h5-8,13H,4,9-12H2,1-3H3,(H,18,19). The van der Waals surface area contributed by atoms with Gasteiger partial charge in [-0.15, -0.1) is 0 Å². The number of carboxylic acid groups (broad SMARTS) is 1. The molecule has 1 aromatic carbocycles. The third-order valence-corrected chi connectivity index (χ3v) is 2.78. The molecular formula is C16H25NO3. The van der Waals surface area contributed by atoms with Crippen LogP contribution in [-0.4, -0.2) is 35.7 Å². The molecule has 0 aliphatic heterocycles. The Morgan fingerprint density at radius 3 is 2.45 bits per heavy atom. The van der Waals surface area contributed by atoms with Gasteiger partial charge in [0.2, 0.25) is 0 Å². The van der Waals surface area contributed by atoms with Gasteiger partial charge in [0.25, 0.3) is 0 Å². The summed E-state index contributed by atoms with van der Waals surface area (Å²) in [6.45, 7) is 8.49. The van der Waals surface area contributed by atoms with Crippen LogP contribution in [-0.2, 0) is 11.3 Å². The number of carbonyl (C=O) groups is 1. The van der Waals surface area contributed by atoms with Gasteiger partial charge >= 0.3 is 5.97 Å². The molecular weight excluding hydrogens is 254 g/mol. The largest absolute Gasteiger partial charge is 0.494 e. The van der Waals surface area contributed by atoms with E-state index in [0.717, 1.165) is 30.9 Å². The van der Waals surface area contributed by atoms with Crippen molar-refractivity contribution >= 4 is 5.97 Å². The van der Waals surface area contributed by atoms with Crippen LogP contribution in [0.15, 0.2) is 24.3 Å². The van der Waals surface area contributed by atoms with Crippen LogP contribution >= 0.6 is 0 Å². The number of rotatable bonds is 9. The third-order valence-electron chi connectivity index (χ3n) is 2.78. The molecule has 4 nitrogen and oxygen atoms in total. The zero-order valence-electron chi connectivity index (χ0n) is 12.6. The lowest BCUT2D eigenvalue weighted by Crippen LogP contribution is -2.32. The van der Waals surface area contributed by atoms with Gasteiger partial charge in [0.1, 0.15) is 5.75 Å². The molecule has 0 aromatic heterocycles. The fourth-order valence-corrected chi connectivity index (χ4v) is 2.06. The summed E-state index contributed by atoms with van der Waals surface area (Å²) in [5.74, 6) is 0.527. The van der Waals surface area contributed by atoms with E-state index in [1.807, 2.05) is 29.2 Å². The SMILES string of the molecule is CCCOc1ccc(CN(CC(=O)O)CC(C)C)cc1. The molecule has 0 unspecified atom stereocenters. The fourth-order valence-electron chi connectivity index (χ4n) is 2.06. The topological polar surface area (TPSA) is 49.8 Å². The molecule has 0 saturated carbocycles. The van der Waals surface area contributed by atoms with Crippen molar-refractivity contribution in [2.75, 3.05) is 19.7 Å². The minimum absolute atomic E-state index is 0.0757. The van der Waals surface area contributed by atoms with Crippen molar-refractivity contribution in [3.63, 3.8) is 0 Å². The third kappa shape index (κ3) is 6.57. The molecule has 1 rings (SSSR count). The summed E-state index contributed by atoms with van der Waals surface area (Å²) in [5.41, 5.74) is 1.11. The highest BCUT2D eigenvalue weighted by atomic mass is 16.5. The number of ether oxygens (including phenoxy) is 1. The molecule has 0 heterocycles. The van der Waals surface area contributed by atoms with Gasteiger partial charge in [-0.05, 0) is 30.0 Å². The van der Waals surface area contributed by atoms with E-state index in [-0.39, 0.29) is 6.54 Å². The number of benzene rings is 1. The highest BCUT2D eigenvalue weighted by Crippen LogP contribution is 2.14. The average molecular weight is 279 g/mol. The van der Waals surface area contributed by atoms with Crippen LogP contribution in [0.4, 0.5) is 0 Å². The predicted molar refractivity (Wildman–Crippen MR) is 80.0 cm³/mol. The molecule has 1 N–H and O–H groups in total. The van der Waals surface area contributed by atoms with Crippen molar-refractivity contribution < 1.29 is 14.6 Å². The second-order valence-electron chi connectivity index (χ2n) is 5.45. The summed E-state index contributed by atoms with van der Waals surface area (Å²) in [6, 6.07) is 7.89. The van der Waals surface area contributed by atoms with Crippen molar-refractivity contribution in [2.45, 2.75) is 33.7 Å². The van der Waals surface area contributed by atoms with Crippen LogP contribution < -0.4 is 4.74 Å². The molecule has 0 aliphatic rings. The summed E-state index contributed by atoms with van der Waals surface area (Å²) >= 11 is 0. The Kier molecular flexibility index (Phi) is 7.09. The molecule has 20 heavy (non-hydrogen) atoms. The molecule has 0 amide bonds. The average Bonchev–Trinajstić information content (AvgIpc) is 2.36. The molecule has 4 heteroatoms. The lowest BCUT2D eigenvalue weighted by molar-refractivity contribution is -0.138. The maximum Gasteiger partial charge on any atom is 0.317 e. The number of hydrogen-bond donors (Lipinski definition) is 1. The fraction of sp³-hybridized carbons (Fsp3) is 0.562. The van der Waals surface area contributed by atoms with Crippen LogP contribution in [0.3, 0.4) is 0 Å². The summed E-state index contributed by atoms with van der Waals surface area (Å²) in [6.07, 6.45) is 0.989. The van der Waals surface area contributed by atoms with Crippen molar-refractivity contribution in [3.8, 4) is 5.75 Å². The first-order valence-electron chi connectivity index (χ1n) is 7.17. The Morgan fingerprint density at radius 2 is 1.95 bits per heavy atom.